The molecular formula is C20H20FNO4. The van der Waals surface area contributed by atoms with Crippen molar-refractivity contribution in [2.75, 3.05) is 14.2 Å². The third-order valence-electron chi connectivity index (χ3n) is 4.36. The van der Waals surface area contributed by atoms with E-state index in [9.17, 15) is 9.18 Å². The number of aryl methyl sites for hydroxylation is 1. The van der Waals surface area contributed by atoms with Gasteiger partial charge in [0.05, 0.1) is 20.3 Å². The van der Waals surface area contributed by atoms with E-state index in [0.29, 0.717) is 28.0 Å². The molecule has 0 fully saturated rings. The highest BCUT2D eigenvalue weighted by Crippen LogP contribution is 2.30. The Kier molecular flexibility index (Phi) is 4.84. The summed E-state index contributed by atoms with van der Waals surface area (Å²) in [5, 5.41) is 3.48. The van der Waals surface area contributed by atoms with Crippen molar-refractivity contribution in [1.29, 1.82) is 0 Å². The molecule has 0 bridgehead atoms. The van der Waals surface area contributed by atoms with Crippen LogP contribution in [-0.4, -0.2) is 20.1 Å². The predicted octanol–water partition coefficient (Wildman–Crippen LogP) is 4.39. The number of nitrogens with one attached hydrogen (secondary N) is 1. The molecule has 0 radical (unpaired) electrons. The van der Waals surface area contributed by atoms with Crippen molar-refractivity contribution in [1.82, 2.24) is 5.32 Å². The first-order chi connectivity index (χ1) is 12.4. The number of carbonyl (C=O) groups excluding carboxylic acids is 1. The zero-order valence-electron chi connectivity index (χ0n) is 15.1. The minimum Gasteiger partial charge on any atom is -0.497 e. The molecule has 0 spiro atoms. The van der Waals surface area contributed by atoms with Crippen LogP contribution in [0, 0.1) is 12.7 Å². The van der Waals surface area contributed by atoms with Gasteiger partial charge in [-0.05, 0) is 50.2 Å². The molecule has 3 aromatic rings. The summed E-state index contributed by atoms with van der Waals surface area (Å²) >= 11 is 0. The van der Waals surface area contributed by atoms with Crippen molar-refractivity contribution in [2.45, 2.75) is 19.9 Å². The number of benzene rings is 2. The van der Waals surface area contributed by atoms with Crippen LogP contribution in [0.1, 0.15) is 34.6 Å². The first-order valence-corrected chi connectivity index (χ1v) is 8.16. The average Bonchev–Trinajstić information content (AvgIpc) is 2.97. The van der Waals surface area contributed by atoms with Crippen LogP contribution in [0.4, 0.5) is 4.39 Å². The summed E-state index contributed by atoms with van der Waals surface area (Å²) in [6, 6.07) is 9.21. The quantitative estimate of drug-likeness (QED) is 0.736. The van der Waals surface area contributed by atoms with E-state index in [4.69, 9.17) is 13.9 Å². The second-order valence-corrected chi connectivity index (χ2v) is 6.00. The van der Waals surface area contributed by atoms with Crippen LogP contribution in [0.2, 0.25) is 0 Å². The lowest BCUT2D eigenvalue weighted by Crippen LogP contribution is -2.27. The van der Waals surface area contributed by atoms with Gasteiger partial charge in [-0.1, -0.05) is 0 Å². The predicted molar refractivity (Wildman–Crippen MR) is 96.3 cm³/mol. The molecule has 5 nitrogen and oxygen atoms in total. The van der Waals surface area contributed by atoms with Crippen LogP contribution < -0.4 is 14.8 Å². The van der Waals surface area contributed by atoms with E-state index in [1.165, 1.54) is 18.2 Å². The molecule has 0 aliphatic carbocycles. The van der Waals surface area contributed by atoms with Gasteiger partial charge in [0.1, 0.15) is 22.9 Å². The molecule has 1 aromatic heterocycles. The Hall–Kier alpha value is -3.02. The van der Waals surface area contributed by atoms with Crippen molar-refractivity contribution in [3.05, 3.63) is 59.1 Å². The van der Waals surface area contributed by atoms with Gasteiger partial charge in [-0.15, -0.1) is 0 Å². The van der Waals surface area contributed by atoms with Crippen molar-refractivity contribution in [2.24, 2.45) is 0 Å². The Bertz CT molecular complexity index is 964. The zero-order chi connectivity index (χ0) is 18.8. The second-order valence-electron chi connectivity index (χ2n) is 6.00. The number of hydrogen-bond donors (Lipinski definition) is 1. The number of amides is 1. The van der Waals surface area contributed by atoms with Gasteiger partial charge in [0.15, 0.2) is 5.76 Å². The van der Waals surface area contributed by atoms with Crippen molar-refractivity contribution in [3.63, 3.8) is 0 Å². The van der Waals surface area contributed by atoms with Crippen LogP contribution in [0.25, 0.3) is 11.0 Å². The first-order valence-electron chi connectivity index (χ1n) is 8.16. The van der Waals surface area contributed by atoms with E-state index in [0.717, 1.165) is 5.56 Å². The molecule has 136 valence electrons. The van der Waals surface area contributed by atoms with E-state index in [1.807, 2.05) is 13.0 Å². The highest BCUT2D eigenvalue weighted by atomic mass is 19.1. The minimum atomic E-state index is -0.378. The summed E-state index contributed by atoms with van der Waals surface area (Å²) in [4.78, 5) is 12.7. The van der Waals surface area contributed by atoms with Gasteiger partial charge in [-0.25, -0.2) is 4.39 Å². The number of halogens is 1. The van der Waals surface area contributed by atoms with Crippen molar-refractivity contribution in [3.8, 4) is 11.5 Å². The molecule has 0 aliphatic heterocycles. The Morgan fingerprint density at radius 2 is 1.92 bits per heavy atom. The van der Waals surface area contributed by atoms with E-state index in [1.54, 1.807) is 33.3 Å². The van der Waals surface area contributed by atoms with Crippen molar-refractivity contribution < 1.29 is 23.1 Å². The summed E-state index contributed by atoms with van der Waals surface area (Å²) < 4.78 is 29.7. The fourth-order valence-corrected chi connectivity index (χ4v) is 2.93. The maximum absolute atomic E-state index is 13.4. The lowest BCUT2D eigenvalue weighted by molar-refractivity contribution is 0.0912. The number of ether oxygens (including phenoxy) is 2. The number of methoxy groups -OCH3 is 2. The second kappa shape index (κ2) is 7.07. The number of carbonyl (C=O) groups is 1. The van der Waals surface area contributed by atoms with Gasteiger partial charge in [0, 0.05) is 16.5 Å². The molecule has 1 atom stereocenters. The first kappa shape index (κ1) is 17.8. The lowest BCUT2D eigenvalue weighted by Gasteiger charge is -2.18. The average molecular weight is 357 g/mol. The lowest BCUT2D eigenvalue weighted by atomic mass is 10.1. The van der Waals surface area contributed by atoms with Gasteiger partial charge in [0.2, 0.25) is 0 Å². The molecule has 3 rings (SSSR count). The number of hydrogen-bond acceptors (Lipinski definition) is 4. The third-order valence-corrected chi connectivity index (χ3v) is 4.36. The topological polar surface area (TPSA) is 60.7 Å². The Balaban J connectivity index is 1.89. The Morgan fingerprint density at radius 3 is 2.62 bits per heavy atom. The van der Waals surface area contributed by atoms with Gasteiger partial charge in [-0.3, -0.25) is 4.79 Å². The van der Waals surface area contributed by atoms with Crippen LogP contribution in [0.15, 0.2) is 40.8 Å². The Morgan fingerprint density at radius 1 is 1.15 bits per heavy atom. The minimum absolute atomic E-state index is 0.166. The maximum Gasteiger partial charge on any atom is 0.287 e. The molecule has 26 heavy (non-hydrogen) atoms. The molecule has 0 saturated heterocycles. The summed E-state index contributed by atoms with van der Waals surface area (Å²) in [5.41, 5.74) is 1.85. The Labute approximate surface area is 150 Å². The van der Waals surface area contributed by atoms with E-state index in [2.05, 4.69) is 5.32 Å². The molecule has 1 N–H and O–H groups in total. The van der Waals surface area contributed by atoms with Gasteiger partial charge in [-0.2, -0.15) is 0 Å². The van der Waals surface area contributed by atoms with Crippen LogP contribution in [0.3, 0.4) is 0 Å². The molecule has 2 aromatic carbocycles. The van der Waals surface area contributed by atoms with Crippen LogP contribution >= 0.6 is 0 Å². The van der Waals surface area contributed by atoms with Crippen molar-refractivity contribution >= 4 is 16.9 Å². The molecular weight excluding hydrogens is 337 g/mol. The smallest absolute Gasteiger partial charge is 0.287 e. The maximum atomic E-state index is 13.4. The third kappa shape index (κ3) is 3.22. The van der Waals surface area contributed by atoms with E-state index >= 15 is 0 Å². The summed E-state index contributed by atoms with van der Waals surface area (Å²) in [5.74, 6) is 0.720. The highest BCUT2D eigenvalue weighted by Gasteiger charge is 2.21. The highest BCUT2D eigenvalue weighted by molar-refractivity contribution is 5.99. The van der Waals surface area contributed by atoms with Crippen LogP contribution in [0.5, 0.6) is 11.5 Å². The largest absolute Gasteiger partial charge is 0.497 e. The van der Waals surface area contributed by atoms with Crippen LogP contribution in [-0.2, 0) is 0 Å². The fraction of sp³-hybridized carbons (Fsp3) is 0.250. The SMILES string of the molecule is COc1ccc(OC)c([C@@H](C)NC(=O)c2oc3ccc(F)cc3c2C)c1. The van der Waals surface area contributed by atoms with Gasteiger partial charge >= 0.3 is 0 Å². The molecule has 0 saturated carbocycles. The molecule has 1 heterocycles. The molecule has 0 unspecified atom stereocenters. The molecule has 6 heteroatoms. The summed E-state index contributed by atoms with van der Waals surface area (Å²) in [6.45, 7) is 3.57. The monoisotopic (exact) mass is 357 g/mol. The molecule has 1 amide bonds. The normalized spacial score (nSPS) is 12.0. The van der Waals surface area contributed by atoms with E-state index in [-0.39, 0.29) is 23.5 Å². The number of rotatable bonds is 5. The summed E-state index contributed by atoms with van der Waals surface area (Å²) in [6.07, 6.45) is 0. The summed E-state index contributed by atoms with van der Waals surface area (Å²) in [7, 11) is 3.14. The number of fused-ring (bicyclic) bond motifs is 1. The van der Waals surface area contributed by atoms with Gasteiger partial charge in [0.25, 0.3) is 5.91 Å². The number of furan rings is 1. The standard InChI is InChI=1S/C20H20FNO4/c1-11-15-9-13(21)5-7-18(15)26-19(11)20(23)22-12(2)16-10-14(24-3)6-8-17(16)25-4/h5-10,12H,1-4H3,(H,22,23)/t12-/m1/s1. The van der Waals surface area contributed by atoms with E-state index < -0.39 is 0 Å². The molecule has 0 aliphatic rings. The zero-order valence-corrected chi connectivity index (χ0v) is 15.1. The fourth-order valence-electron chi connectivity index (χ4n) is 2.93. The van der Waals surface area contributed by atoms with Gasteiger partial charge < -0.3 is 19.2 Å².